The summed E-state index contributed by atoms with van der Waals surface area (Å²) in [6.07, 6.45) is 2.84. The lowest BCUT2D eigenvalue weighted by atomic mass is 10.1. The number of anilines is 1. The minimum absolute atomic E-state index is 0. The van der Waals surface area contributed by atoms with Crippen LogP contribution >= 0.6 is 24.0 Å². The summed E-state index contributed by atoms with van der Waals surface area (Å²) in [4.78, 5) is 11.4. The molecule has 3 rings (SSSR count). The van der Waals surface area contributed by atoms with Crippen molar-refractivity contribution >= 4 is 35.6 Å². The fraction of sp³-hybridized carbons (Fsp3) is 0.571. The highest BCUT2D eigenvalue weighted by Crippen LogP contribution is 2.14. The summed E-state index contributed by atoms with van der Waals surface area (Å²) in [6.45, 7) is 4.92. The Balaban J connectivity index is 0.00000320. The molecular weight excluding hydrogens is 493 g/mol. The number of hydrogen-bond acceptors (Lipinski definition) is 5. The molecule has 0 saturated heterocycles. The van der Waals surface area contributed by atoms with E-state index >= 15 is 0 Å². The molecule has 0 bridgehead atoms. The van der Waals surface area contributed by atoms with E-state index in [1.807, 2.05) is 4.68 Å². The third-order valence-electron chi connectivity index (χ3n) is 4.98. The van der Waals surface area contributed by atoms with Crippen molar-refractivity contribution in [2.24, 2.45) is 4.99 Å². The highest BCUT2D eigenvalue weighted by molar-refractivity contribution is 14.0. The first-order valence-electron chi connectivity index (χ1n) is 10.3. The fourth-order valence-corrected chi connectivity index (χ4v) is 3.44. The van der Waals surface area contributed by atoms with Crippen molar-refractivity contribution in [3.63, 3.8) is 0 Å². The molecule has 0 spiro atoms. The topological polar surface area (TPSA) is 79.6 Å². The van der Waals surface area contributed by atoms with Gasteiger partial charge in [-0.2, -0.15) is 5.10 Å². The van der Waals surface area contributed by atoms with E-state index in [1.54, 1.807) is 7.11 Å². The second-order valence-corrected chi connectivity index (χ2v) is 7.51. The standard InChI is InChI=1S/C21H33N7O.HI/c1-5-22-21(23-13-12-16-6-9-18(10-7-16)27(2)3)24-17-8-11-20-25-19(15-29-4)26-28(20)14-17;/h6-7,9-10,17H,5,8,11-15H2,1-4H3,(H2,22,23,24);1H. The zero-order chi connectivity index (χ0) is 20.6. The van der Waals surface area contributed by atoms with Gasteiger partial charge in [-0.3, -0.25) is 4.99 Å². The maximum atomic E-state index is 5.14. The van der Waals surface area contributed by atoms with Crippen LogP contribution in [0.2, 0.25) is 0 Å². The molecule has 2 N–H and O–H groups in total. The van der Waals surface area contributed by atoms with Crippen LogP contribution in [-0.2, 0) is 30.7 Å². The van der Waals surface area contributed by atoms with Crippen molar-refractivity contribution in [1.29, 1.82) is 0 Å². The maximum absolute atomic E-state index is 5.14. The second-order valence-electron chi connectivity index (χ2n) is 7.51. The number of hydrogen-bond donors (Lipinski definition) is 2. The largest absolute Gasteiger partial charge is 0.378 e. The lowest BCUT2D eigenvalue weighted by Crippen LogP contribution is -2.47. The summed E-state index contributed by atoms with van der Waals surface area (Å²) in [7, 11) is 5.78. The SMILES string of the molecule is CCNC(=NCCc1ccc(N(C)C)cc1)NC1CCc2nc(COC)nn2C1.I. The highest BCUT2D eigenvalue weighted by atomic mass is 127. The molecule has 2 aromatic rings. The average molecular weight is 527 g/mol. The Morgan fingerprint density at radius 2 is 2.07 bits per heavy atom. The Bertz CT molecular complexity index is 804. The molecule has 1 atom stereocenters. The molecular formula is C21H34IN7O. The van der Waals surface area contributed by atoms with E-state index in [0.29, 0.717) is 6.61 Å². The molecule has 30 heavy (non-hydrogen) atoms. The number of ether oxygens (including phenoxy) is 1. The highest BCUT2D eigenvalue weighted by Gasteiger charge is 2.22. The van der Waals surface area contributed by atoms with E-state index < -0.39 is 0 Å². The average Bonchev–Trinajstić information content (AvgIpc) is 3.10. The van der Waals surface area contributed by atoms with Gasteiger partial charge in [0.25, 0.3) is 0 Å². The van der Waals surface area contributed by atoms with E-state index in [1.165, 1.54) is 11.3 Å². The second kappa shape index (κ2) is 12.1. The van der Waals surface area contributed by atoms with Gasteiger partial charge in [0.15, 0.2) is 11.8 Å². The molecule has 1 unspecified atom stereocenters. The lowest BCUT2D eigenvalue weighted by Gasteiger charge is -2.25. The number of halogens is 1. The Morgan fingerprint density at radius 3 is 2.73 bits per heavy atom. The zero-order valence-electron chi connectivity index (χ0n) is 18.4. The first-order chi connectivity index (χ1) is 14.1. The number of aromatic nitrogens is 3. The summed E-state index contributed by atoms with van der Waals surface area (Å²) < 4.78 is 7.13. The Hall–Kier alpha value is -1.88. The van der Waals surface area contributed by atoms with Crippen LogP contribution in [0, 0.1) is 0 Å². The van der Waals surface area contributed by atoms with Gasteiger partial charge in [0, 0.05) is 52.4 Å². The van der Waals surface area contributed by atoms with Gasteiger partial charge in [0.2, 0.25) is 0 Å². The number of benzene rings is 1. The van der Waals surface area contributed by atoms with Crippen LogP contribution in [0.5, 0.6) is 0 Å². The molecule has 1 aliphatic rings. The van der Waals surface area contributed by atoms with Gasteiger partial charge < -0.3 is 20.3 Å². The quantitative estimate of drug-likeness (QED) is 0.312. The smallest absolute Gasteiger partial charge is 0.191 e. The van der Waals surface area contributed by atoms with Crippen LogP contribution < -0.4 is 15.5 Å². The molecule has 1 aliphatic heterocycles. The number of methoxy groups -OCH3 is 1. The van der Waals surface area contributed by atoms with Crippen LogP contribution in [0.25, 0.3) is 0 Å². The molecule has 0 aliphatic carbocycles. The van der Waals surface area contributed by atoms with Crippen LogP contribution in [0.3, 0.4) is 0 Å². The molecule has 166 valence electrons. The van der Waals surface area contributed by atoms with E-state index in [0.717, 1.165) is 56.5 Å². The number of aliphatic imine (C=N–C) groups is 1. The third kappa shape index (κ3) is 6.83. The summed E-state index contributed by atoms with van der Waals surface area (Å²) in [5.41, 5.74) is 2.51. The van der Waals surface area contributed by atoms with Gasteiger partial charge in [-0.15, -0.1) is 24.0 Å². The Labute approximate surface area is 196 Å². The van der Waals surface area contributed by atoms with Gasteiger partial charge >= 0.3 is 0 Å². The number of aryl methyl sites for hydroxylation is 1. The van der Waals surface area contributed by atoms with Crippen molar-refractivity contribution in [1.82, 2.24) is 25.4 Å². The first kappa shape index (κ1) is 24.4. The van der Waals surface area contributed by atoms with E-state index in [-0.39, 0.29) is 30.0 Å². The monoisotopic (exact) mass is 527 g/mol. The fourth-order valence-electron chi connectivity index (χ4n) is 3.44. The molecule has 1 aromatic heterocycles. The van der Waals surface area contributed by atoms with E-state index in [4.69, 9.17) is 9.73 Å². The molecule has 8 nitrogen and oxygen atoms in total. The number of nitrogens with one attached hydrogen (secondary N) is 2. The summed E-state index contributed by atoms with van der Waals surface area (Å²) in [5.74, 6) is 2.66. The maximum Gasteiger partial charge on any atom is 0.191 e. The van der Waals surface area contributed by atoms with Crippen molar-refractivity contribution in [3.05, 3.63) is 41.5 Å². The lowest BCUT2D eigenvalue weighted by molar-refractivity contribution is 0.177. The van der Waals surface area contributed by atoms with E-state index in [2.05, 4.69) is 70.9 Å². The van der Waals surface area contributed by atoms with Crippen molar-refractivity contribution in [2.75, 3.05) is 39.2 Å². The molecule has 0 fully saturated rings. The zero-order valence-corrected chi connectivity index (χ0v) is 20.7. The molecule has 0 saturated carbocycles. The van der Waals surface area contributed by atoms with Crippen LogP contribution in [-0.4, -0.2) is 61.1 Å². The summed E-state index contributed by atoms with van der Waals surface area (Å²) in [5, 5.41) is 11.5. The van der Waals surface area contributed by atoms with Gasteiger partial charge in [-0.05, 0) is 37.5 Å². The van der Waals surface area contributed by atoms with Crippen molar-refractivity contribution < 1.29 is 4.74 Å². The molecule has 0 amide bonds. The molecule has 9 heteroatoms. The Morgan fingerprint density at radius 1 is 1.30 bits per heavy atom. The predicted octanol–water partition coefficient (Wildman–Crippen LogP) is 2.22. The minimum atomic E-state index is 0. The predicted molar refractivity (Wildman–Crippen MR) is 132 cm³/mol. The molecule has 2 heterocycles. The summed E-state index contributed by atoms with van der Waals surface area (Å²) in [6, 6.07) is 8.94. The van der Waals surface area contributed by atoms with Gasteiger partial charge in [-0.1, -0.05) is 12.1 Å². The number of fused-ring (bicyclic) bond motifs is 1. The minimum Gasteiger partial charge on any atom is -0.378 e. The third-order valence-corrected chi connectivity index (χ3v) is 4.98. The molecule has 0 radical (unpaired) electrons. The van der Waals surface area contributed by atoms with Crippen molar-refractivity contribution in [2.45, 2.75) is 45.4 Å². The van der Waals surface area contributed by atoms with Crippen LogP contribution in [0.4, 0.5) is 5.69 Å². The Kier molecular flexibility index (Phi) is 9.83. The first-order valence-corrected chi connectivity index (χ1v) is 10.3. The van der Waals surface area contributed by atoms with Crippen LogP contribution in [0.1, 0.15) is 30.6 Å². The molecule has 1 aromatic carbocycles. The van der Waals surface area contributed by atoms with Gasteiger partial charge in [0.05, 0.1) is 6.54 Å². The van der Waals surface area contributed by atoms with Gasteiger partial charge in [-0.25, -0.2) is 9.67 Å². The number of guanidine groups is 1. The number of nitrogens with zero attached hydrogens (tertiary/aromatic N) is 5. The summed E-state index contributed by atoms with van der Waals surface area (Å²) >= 11 is 0. The van der Waals surface area contributed by atoms with Crippen LogP contribution in [0.15, 0.2) is 29.3 Å². The normalized spacial score (nSPS) is 15.9. The van der Waals surface area contributed by atoms with Crippen molar-refractivity contribution in [3.8, 4) is 0 Å². The van der Waals surface area contributed by atoms with Gasteiger partial charge in [0.1, 0.15) is 12.4 Å². The number of rotatable bonds is 8. The van der Waals surface area contributed by atoms with E-state index in [9.17, 15) is 0 Å².